The van der Waals surface area contributed by atoms with E-state index in [2.05, 4.69) is 0 Å². The lowest BCUT2D eigenvalue weighted by Gasteiger charge is -2.29. The van der Waals surface area contributed by atoms with Gasteiger partial charge in [0.2, 0.25) is 5.91 Å². The van der Waals surface area contributed by atoms with Gasteiger partial charge in [-0.2, -0.15) is 0 Å². The summed E-state index contributed by atoms with van der Waals surface area (Å²) in [6, 6.07) is 7.83. The van der Waals surface area contributed by atoms with Crippen LogP contribution in [-0.2, 0) is 9.59 Å². The van der Waals surface area contributed by atoms with Crippen LogP contribution in [0.25, 0.3) is 6.08 Å². The number of piperidine rings is 1. The lowest BCUT2D eigenvalue weighted by Crippen LogP contribution is -2.41. The molecule has 1 aromatic rings. The smallest absolute Gasteiger partial charge is 0.308 e. The maximum atomic E-state index is 12.1. The second-order valence-corrected chi connectivity index (χ2v) is 5.15. The van der Waals surface area contributed by atoms with Crippen LogP contribution in [0.2, 0.25) is 0 Å². The summed E-state index contributed by atoms with van der Waals surface area (Å²) < 4.78 is 0. The molecular weight excluding hydrogens is 254 g/mol. The number of hydrogen-bond donors (Lipinski definition) is 1. The van der Waals surface area contributed by atoms with Gasteiger partial charge >= 0.3 is 5.97 Å². The van der Waals surface area contributed by atoms with Crippen LogP contribution in [0.3, 0.4) is 0 Å². The van der Waals surface area contributed by atoms with Crippen molar-refractivity contribution >= 4 is 18.0 Å². The van der Waals surface area contributed by atoms with Crippen molar-refractivity contribution in [1.29, 1.82) is 0 Å². The highest BCUT2D eigenvalue weighted by Gasteiger charge is 2.26. The van der Waals surface area contributed by atoms with E-state index < -0.39 is 11.9 Å². The van der Waals surface area contributed by atoms with Crippen LogP contribution in [-0.4, -0.2) is 35.0 Å². The van der Waals surface area contributed by atoms with Crippen molar-refractivity contribution in [2.45, 2.75) is 19.8 Å². The molecule has 1 amide bonds. The molecular formula is C16H19NO3. The summed E-state index contributed by atoms with van der Waals surface area (Å²) in [6.45, 7) is 2.94. The van der Waals surface area contributed by atoms with Gasteiger partial charge in [0.15, 0.2) is 0 Å². The van der Waals surface area contributed by atoms with Gasteiger partial charge in [-0.3, -0.25) is 9.59 Å². The van der Waals surface area contributed by atoms with Gasteiger partial charge in [-0.1, -0.05) is 24.3 Å². The van der Waals surface area contributed by atoms with Gasteiger partial charge in [0.1, 0.15) is 0 Å². The number of benzene rings is 1. The molecule has 1 aliphatic rings. The number of rotatable bonds is 3. The Morgan fingerprint density at radius 3 is 2.80 bits per heavy atom. The summed E-state index contributed by atoms with van der Waals surface area (Å²) in [5.74, 6) is -1.36. The summed E-state index contributed by atoms with van der Waals surface area (Å²) in [5, 5.41) is 9.03. The van der Waals surface area contributed by atoms with Crippen molar-refractivity contribution in [3.8, 4) is 0 Å². The third-order valence-electron chi connectivity index (χ3n) is 3.68. The first-order chi connectivity index (χ1) is 9.58. The molecule has 0 spiro atoms. The van der Waals surface area contributed by atoms with Crippen molar-refractivity contribution in [1.82, 2.24) is 4.90 Å². The molecule has 1 unspecified atom stereocenters. The number of hydrogen-bond acceptors (Lipinski definition) is 2. The van der Waals surface area contributed by atoms with Crippen LogP contribution in [0.1, 0.15) is 24.0 Å². The summed E-state index contributed by atoms with van der Waals surface area (Å²) in [6.07, 6.45) is 4.73. The molecule has 1 N–H and O–H groups in total. The molecule has 0 saturated carbocycles. The van der Waals surface area contributed by atoms with E-state index in [1.165, 1.54) is 6.08 Å². The van der Waals surface area contributed by atoms with E-state index in [1.54, 1.807) is 11.0 Å². The van der Waals surface area contributed by atoms with Crippen LogP contribution in [0, 0.1) is 12.8 Å². The average molecular weight is 273 g/mol. The second-order valence-electron chi connectivity index (χ2n) is 5.15. The van der Waals surface area contributed by atoms with Crippen molar-refractivity contribution in [2.24, 2.45) is 5.92 Å². The fourth-order valence-corrected chi connectivity index (χ4v) is 2.42. The number of carbonyl (C=O) groups excluding carboxylic acids is 1. The van der Waals surface area contributed by atoms with E-state index >= 15 is 0 Å². The highest BCUT2D eigenvalue weighted by atomic mass is 16.4. The number of nitrogens with zero attached hydrogens (tertiary/aromatic N) is 1. The van der Waals surface area contributed by atoms with Crippen LogP contribution < -0.4 is 0 Å². The molecule has 1 fully saturated rings. The molecule has 0 aromatic heterocycles. The molecule has 1 saturated heterocycles. The number of carboxylic acid groups (broad SMARTS) is 1. The number of amides is 1. The molecule has 1 aliphatic heterocycles. The molecule has 0 radical (unpaired) electrons. The Morgan fingerprint density at radius 2 is 2.10 bits per heavy atom. The molecule has 20 heavy (non-hydrogen) atoms. The average Bonchev–Trinajstić information content (AvgIpc) is 2.46. The van der Waals surface area contributed by atoms with Crippen molar-refractivity contribution in [3.63, 3.8) is 0 Å². The normalized spacial score (nSPS) is 19.2. The van der Waals surface area contributed by atoms with Crippen molar-refractivity contribution < 1.29 is 14.7 Å². The number of carbonyl (C=O) groups is 2. The monoisotopic (exact) mass is 273 g/mol. The molecule has 2 rings (SSSR count). The largest absolute Gasteiger partial charge is 0.481 e. The first-order valence-corrected chi connectivity index (χ1v) is 6.83. The molecule has 1 atom stereocenters. The summed E-state index contributed by atoms with van der Waals surface area (Å²) >= 11 is 0. The minimum atomic E-state index is -0.814. The van der Waals surface area contributed by atoms with E-state index in [0.717, 1.165) is 17.5 Å². The van der Waals surface area contributed by atoms with E-state index in [9.17, 15) is 9.59 Å². The molecule has 4 heteroatoms. The zero-order valence-electron chi connectivity index (χ0n) is 11.6. The van der Waals surface area contributed by atoms with Gasteiger partial charge in [0.05, 0.1) is 5.92 Å². The summed E-state index contributed by atoms with van der Waals surface area (Å²) in [4.78, 5) is 24.7. The third-order valence-corrected chi connectivity index (χ3v) is 3.68. The minimum absolute atomic E-state index is 0.112. The van der Waals surface area contributed by atoms with Gasteiger partial charge < -0.3 is 10.0 Å². The third kappa shape index (κ3) is 3.47. The Labute approximate surface area is 118 Å². The van der Waals surface area contributed by atoms with Gasteiger partial charge in [-0.15, -0.1) is 0 Å². The maximum Gasteiger partial charge on any atom is 0.308 e. The van der Waals surface area contributed by atoms with Gasteiger partial charge in [0, 0.05) is 19.2 Å². The Bertz CT molecular complexity index is 536. The van der Waals surface area contributed by atoms with E-state index in [1.807, 2.05) is 31.2 Å². The Hall–Kier alpha value is -2.10. The topological polar surface area (TPSA) is 57.6 Å². The van der Waals surface area contributed by atoms with Crippen LogP contribution >= 0.6 is 0 Å². The summed E-state index contributed by atoms with van der Waals surface area (Å²) in [5.41, 5.74) is 2.12. The highest BCUT2D eigenvalue weighted by molar-refractivity contribution is 5.92. The van der Waals surface area contributed by atoms with Crippen molar-refractivity contribution in [3.05, 3.63) is 41.5 Å². The number of aryl methyl sites for hydroxylation is 1. The Balaban J connectivity index is 2.01. The molecule has 106 valence electrons. The maximum absolute atomic E-state index is 12.1. The molecule has 1 aromatic carbocycles. The minimum Gasteiger partial charge on any atom is -0.481 e. The molecule has 4 nitrogen and oxygen atoms in total. The number of aliphatic carboxylic acids is 1. The first-order valence-electron chi connectivity index (χ1n) is 6.83. The van der Waals surface area contributed by atoms with Crippen molar-refractivity contribution in [2.75, 3.05) is 13.1 Å². The Morgan fingerprint density at radius 1 is 1.35 bits per heavy atom. The first kappa shape index (κ1) is 14.3. The standard InChI is InChI=1S/C16H19NO3/c1-12-5-2-3-6-13(12)8-9-15(18)17-10-4-7-14(11-17)16(19)20/h2-3,5-6,8-9,14H,4,7,10-11H2,1H3,(H,19,20)/b9-8+. The predicted octanol–water partition coefficient (Wildman–Crippen LogP) is 2.33. The zero-order chi connectivity index (χ0) is 14.5. The highest BCUT2D eigenvalue weighted by Crippen LogP contribution is 2.17. The van der Waals surface area contributed by atoms with Crippen LogP contribution in [0.5, 0.6) is 0 Å². The fourth-order valence-electron chi connectivity index (χ4n) is 2.42. The van der Waals surface area contributed by atoms with Crippen LogP contribution in [0.15, 0.2) is 30.3 Å². The predicted molar refractivity (Wildman–Crippen MR) is 77.2 cm³/mol. The Kier molecular flexibility index (Phi) is 4.56. The second kappa shape index (κ2) is 6.37. The number of likely N-dealkylation sites (tertiary alicyclic amines) is 1. The molecule has 0 aliphatic carbocycles. The summed E-state index contributed by atoms with van der Waals surface area (Å²) in [7, 11) is 0. The molecule has 0 bridgehead atoms. The van der Waals surface area contributed by atoms with E-state index in [4.69, 9.17) is 5.11 Å². The lowest BCUT2D eigenvalue weighted by molar-refractivity contribution is -0.144. The van der Waals surface area contributed by atoms with E-state index in [-0.39, 0.29) is 5.91 Å². The molecule has 1 heterocycles. The SMILES string of the molecule is Cc1ccccc1/C=C/C(=O)N1CCCC(C(=O)O)C1. The fraction of sp³-hybridized carbons (Fsp3) is 0.375. The van der Waals surface area contributed by atoms with Gasteiger partial charge in [-0.05, 0) is 37.0 Å². The van der Waals surface area contributed by atoms with Crippen LogP contribution in [0.4, 0.5) is 0 Å². The van der Waals surface area contributed by atoms with E-state index in [0.29, 0.717) is 19.5 Å². The van der Waals surface area contributed by atoms with Gasteiger partial charge in [0.25, 0.3) is 0 Å². The zero-order valence-corrected chi connectivity index (χ0v) is 11.6. The quantitative estimate of drug-likeness (QED) is 0.860. The lowest BCUT2D eigenvalue weighted by atomic mass is 9.98. The van der Waals surface area contributed by atoms with Gasteiger partial charge in [-0.25, -0.2) is 0 Å². The number of carboxylic acids is 1.